The van der Waals surface area contributed by atoms with E-state index in [1.807, 2.05) is 19.1 Å². The first-order valence-corrected chi connectivity index (χ1v) is 8.35. The Morgan fingerprint density at radius 1 is 1.13 bits per heavy atom. The van der Waals surface area contributed by atoms with Crippen molar-refractivity contribution in [1.82, 2.24) is 10.1 Å². The number of hydrogen-bond acceptors (Lipinski definition) is 5. The first kappa shape index (κ1) is 14.6. The zero-order valence-electron chi connectivity index (χ0n) is 13.5. The van der Waals surface area contributed by atoms with Crippen LogP contribution >= 0.6 is 0 Å². The molecule has 0 bridgehead atoms. The molecule has 1 aromatic carbocycles. The second kappa shape index (κ2) is 6.24. The van der Waals surface area contributed by atoms with Crippen LogP contribution < -0.4 is 9.47 Å². The Hall–Kier alpha value is -2.01. The predicted molar refractivity (Wildman–Crippen MR) is 85.7 cm³/mol. The number of fused-ring (bicyclic) bond motifs is 1. The lowest BCUT2D eigenvalue weighted by molar-refractivity contribution is 0.239. The highest BCUT2D eigenvalue weighted by atomic mass is 16.5. The van der Waals surface area contributed by atoms with Gasteiger partial charge in [0.25, 0.3) is 0 Å². The van der Waals surface area contributed by atoms with E-state index in [4.69, 9.17) is 14.0 Å². The van der Waals surface area contributed by atoms with Gasteiger partial charge in [-0.15, -0.1) is 0 Å². The Kier molecular flexibility index (Phi) is 3.95. The molecule has 0 radical (unpaired) electrons. The highest BCUT2D eigenvalue weighted by molar-refractivity contribution is 5.44. The molecule has 0 aliphatic carbocycles. The smallest absolute Gasteiger partial charge is 0.161 e. The Bertz CT molecular complexity index is 683. The molecule has 1 fully saturated rings. The molecule has 4 rings (SSSR count). The average Bonchev–Trinajstić information content (AvgIpc) is 3.10. The summed E-state index contributed by atoms with van der Waals surface area (Å²) in [6.07, 6.45) is 3.30. The van der Waals surface area contributed by atoms with Gasteiger partial charge < -0.3 is 14.0 Å². The second-order valence-electron chi connectivity index (χ2n) is 6.31. The molecule has 23 heavy (non-hydrogen) atoms. The number of benzene rings is 1. The van der Waals surface area contributed by atoms with Crippen molar-refractivity contribution in [3.63, 3.8) is 0 Å². The fourth-order valence-electron chi connectivity index (χ4n) is 3.48. The molecule has 2 aliphatic heterocycles. The van der Waals surface area contributed by atoms with Gasteiger partial charge in [-0.25, -0.2) is 0 Å². The summed E-state index contributed by atoms with van der Waals surface area (Å²) in [6.45, 7) is 5.31. The fraction of sp³-hybridized carbons (Fsp3) is 0.500. The van der Waals surface area contributed by atoms with Crippen LogP contribution in [0.15, 0.2) is 28.8 Å². The van der Waals surface area contributed by atoms with Crippen LogP contribution in [0.4, 0.5) is 0 Å². The average molecular weight is 314 g/mol. The maximum absolute atomic E-state index is 5.83. The summed E-state index contributed by atoms with van der Waals surface area (Å²) in [5, 5.41) is 4.13. The van der Waals surface area contributed by atoms with Crippen LogP contribution in [0.2, 0.25) is 0 Å². The summed E-state index contributed by atoms with van der Waals surface area (Å²) in [4.78, 5) is 2.47. The number of aromatic nitrogens is 1. The third kappa shape index (κ3) is 3.06. The molecule has 5 heteroatoms. The molecular formula is C18H22N2O3. The van der Waals surface area contributed by atoms with E-state index in [1.54, 1.807) is 0 Å². The van der Waals surface area contributed by atoms with E-state index >= 15 is 0 Å². The van der Waals surface area contributed by atoms with Crippen molar-refractivity contribution in [3.8, 4) is 11.5 Å². The van der Waals surface area contributed by atoms with Crippen LogP contribution in [0.25, 0.3) is 0 Å². The highest BCUT2D eigenvalue weighted by Gasteiger charge is 2.27. The molecule has 2 aromatic rings. The SMILES string of the molecule is Cc1cc(CN2CCC[C@@H]2c2ccc3c(c2)OCCCO3)no1. The summed E-state index contributed by atoms with van der Waals surface area (Å²) < 4.78 is 16.8. The van der Waals surface area contributed by atoms with E-state index in [2.05, 4.69) is 22.2 Å². The molecule has 0 amide bonds. The van der Waals surface area contributed by atoms with Crippen molar-refractivity contribution in [3.05, 3.63) is 41.3 Å². The first-order chi connectivity index (χ1) is 11.3. The van der Waals surface area contributed by atoms with Crippen molar-refractivity contribution < 1.29 is 14.0 Å². The van der Waals surface area contributed by atoms with Gasteiger partial charge in [-0.3, -0.25) is 4.90 Å². The number of likely N-dealkylation sites (tertiary alicyclic amines) is 1. The van der Waals surface area contributed by atoms with Gasteiger partial charge >= 0.3 is 0 Å². The van der Waals surface area contributed by atoms with Gasteiger partial charge in [0, 0.05) is 25.1 Å². The van der Waals surface area contributed by atoms with Crippen molar-refractivity contribution in [2.45, 2.75) is 38.8 Å². The highest BCUT2D eigenvalue weighted by Crippen LogP contribution is 2.38. The molecule has 2 aliphatic rings. The third-order valence-electron chi connectivity index (χ3n) is 4.56. The van der Waals surface area contributed by atoms with Crippen LogP contribution in [0.3, 0.4) is 0 Å². The number of rotatable bonds is 3. The van der Waals surface area contributed by atoms with E-state index in [1.165, 1.54) is 12.0 Å². The standard InChI is InChI=1S/C18H22N2O3/c1-13-10-15(19-23-13)12-20-7-2-4-16(20)14-5-6-17-18(11-14)22-9-3-8-21-17/h5-6,10-11,16H,2-4,7-9,12H2,1H3/t16-/m1/s1. The number of hydrogen-bond donors (Lipinski definition) is 0. The molecule has 0 spiro atoms. The van der Waals surface area contributed by atoms with E-state index in [9.17, 15) is 0 Å². The molecular weight excluding hydrogens is 292 g/mol. The zero-order valence-corrected chi connectivity index (χ0v) is 13.5. The largest absolute Gasteiger partial charge is 0.490 e. The Morgan fingerprint density at radius 2 is 2.00 bits per heavy atom. The lowest BCUT2D eigenvalue weighted by atomic mass is 10.0. The van der Waals surface area contributed by atoms with Crippen molar-refractivity contribution in [1.29, 1.82) is 0 Å². The van der Waals surface area contributed by atoms with E-state index in [0.717, 1.165) is 62.1 Å². The Labute approximate surface area is 136 Å². The van der Waals surface area contributed by atoms with Gasteiger partial charge in [0.15, 0.2) is 11.5 Å². The fourth-order valence-corrected chi connectivity index (χ4v) is 3.48. The molecule has 3 heterocycles. The quantitative estimate of drug-likeness (QED) is 0.868. The summed E-state index contributed by atoms with van der Waals surface area (Å²) in [6, 6.07) is 8.79. The van der Waals surface area contributed by atoms with Crippen LogP contribution in [0, 0.1) is 6.92 Å². The topological polar surface area (TPSA) is 47.7 Å². The predicted octanol–water partition coefficient (Wildman–Crippen LogP) is 3.48. The van der Waals surface area contributed by atoms with Gasteiger partial charge in [-0.05, 0) is 44.0 Å². The summed E-state index contributed by atoms with van der Waals surface area (Å²) in [5.41, 5.74) is 2.30. The third-order valence-corrected chi connectivity index (χ3v) is 4.56. The minimum absolute atomic E-state index is 0.407. The Morgan fingerprint density at radius 3 is 2.83 bits per heavy atom. The lowest BCUT2D eigenvalue weighted by Crippen LogP contribution is -2.23. The molecule has 1 saturated heterocycles. The second-order valence-corrected chi connectivity index (χ2v) is 6.31. The van der Waals surface area contributed by atoms with Gasteiger partial charge in [-0.1, -0.05) is 11.2 Å². The summed E-state index contributed by atoms with van der Waals surface area (Å²) in [7, 11) is 0. The normalized spacial score (nSPS) is 21.3. The van der Waals surface area contributed by atoms with Crippen LogP contribution in [0.5, 0.6) is 11.5 Å². The minimum atomic E-state index is 0.407. The van der Waals surface area contributed by atoms with Crippen molar-refractivity contribution in [2.75, 3.05) is 19.8 Å². The molecule has 0 unspecified atom stereocenters. The van der Waals surface area contributed by atoms with E-state index in [0.29, 0.717) is 6.04 Å². The molecule has 0 N–H and O–H groups in total. The maximum atomic E-state index is 5.83. The monoisotopic (exact) mass is 314 g/mol. The van der Waals surface area contributed by atoms with E-state index < -0.39 is 0 Å². The van der Waals surface area contributed by atoms with Crippen LogP contribution in [-0.2, 0) is 6.54 Å². The van der Waals surface area contributed by atoms with Crippen LogP contribution in [-0.4, -0.2) is 29.8 Å². The summed E-state index contributed by atoms with van der Waals surface area (Å²) in [5.74, 6) is 2.61. The van der Waals surface area contributed by atoms with Crippen LogP contribution in [0.1, 0.15) is 42.3 Å². The molecule has 1 atom stereocenters. The molecule has 5 nitrogen and oxygen atoms in total. The lowest BCUT2D eigenvalue weighted by Gasteiger charge is -2.24. The molecule has 0 saturated carbocycles. The van der Waals surface area contributed by atoms with E-state index in [-0.39, 0.29) is 0 Å². The van der Waals surface area contributed by atoms with Gasteiger partial charge in [0.05, 0.1) is 18.9 Å². The van der Waals surface area contributed by atoms with Gasteiger partial charge in [0.2, 0.25) is 0 Å². The molecule has 1 aromatic heterocycles. The maximum Gasteiger partial charge on any atom is 0.161 e. The summed E-state index contributed by atoms with van der Waals surface area (Å²) >= 11 is 0. The zero-order chi connectivity index (χ0) is 15.6. The number of ether oxygens (including phenoxy) is 2. The van der Waals surface area contributed by atoms with Gasteiger partial charge in [-0.2, -0.15) is 0 Å². The first-order valence-electron chi connectivity index (χ1n) is 8.35. The number of nitrogens with zero attached hydrogens (tertiary/aromatic N) is 2. The van der Waals surface area contributed by atoms with Crippen molar-refractivity contribution >= 4 is 0 Å². The minimum Gasteiger partial charge on any atom is -0.490 e. The number of aryl methyl sites for hydroxylation is 1. The van der Waals surface area contributed by atoms with Gasteiger partial charge in [0.1, 0.15) is 5.76 Å². The van der Waals surface area contributed by atoms with Crippen molar-refractivity contribution in [2.24, 2.45) is 0 Å². The molecule has 122 valence electrons. The Balaban J connectivity index is 1.55.